The molecule has 0 saturated carbocycles. The number of benzene rings is 1. The zero-order chi connectivity index (χ0) is 14.8. The summed E-state index contributed by atoms with van der Waals surface area (Å²) in [6.45, 7) is 7.01. The third kappa shape index (κ3) is 2.85. The van der Waals surface area contributed by atoms with Gasteiger partial charge in [0.15, 0.2) is 5.65 Å². The van der Waals surface area contributed by atoms with Crippen LogP contribution in [0.5, 0.6) is 0 Å². The number of H-pyrrole nitrogens is 1. The van der Waals surface area contributed by atoms with Gasteiger partial charge < -0.3 is 10.3 Å². The molecule has 3 aromatic rings. The summed E-state index contributed by atoms with van der Waals surface area (Å²) < 4.78 is 0. The minimum Gasteiger partial charge on any atom is -0.354 e. The van der Waals surface area contributed by atoms with Gasteiger partial charge in [0, 0.05) is 11.4 Å². The zero-order valence-electron chi connectivity index (χ0n) is 12.3. The number of rotatable bonds is 4. The molecule has 0 aliphatic heterocycles. The van der Waals surface area contributed by atoms with E-state index in [2.05, 4.69) is 57.3 Å². The van der Waals surface area contributed by atoms with Crippen LogP contribution in [-0.4, -0.2) is 26.5 Å². The maximum atomic E-state index is 4.60. The number of aromatic amines is 1. The van der Waals surface area contributed by atoms with Crippen molar-refractivity contribution in [3.8, 4) is 0 Å². The van der Waals surface area contributed by atoms with Gasteiger partial charge in [-0.05, 0) is 38.0 Å². The minimum absolute atomic E-state index is 0.616. The summed E-state index contributed by atoms with van der Waals surface area (Å²) in [4.78, 5) is 17.6. The number of aryl methyl sites for hydroxylation is 2. The van der Waals surface area contributed by atoms with Gasteiger partial charge in [-0.15, -0.1) is 0 Å². The molecule has 0 unspecified atom stereocenters. The summed E-state index contributed by atoms with van der Waals surface area (Å²) in [5, 5.41) is 4.04. The number of nitrogens with one attached hydrogen (secondary N) is 2. The fourth-order valence-corrected chi connectivity index (χ4v) is 3.11. The van der Waals surface area contributed by atoms with Gasteiger partial charge in [0.25, 0.3) is 0 Å². The van der Waals surface area contributed by atoms with Crippen LogP contribution in [0, 0.1) is 13.8 Å². The van der Waals surface area contributed by atoms with Crippen LogP contribution in [-0.2, 0) is 0 Å². The van der Waals surface area contributed by atoms with Crippen molar-refractivity contribution in [1.29, 1.82) is 0 Å². The lowest BCUT2D eigenvalue weighted by Gasteiger charge is -2.08. The Kier molecular flexibility index (Phi) is 3.79. The van der Waals surface area contributed by atoms with Gasteiger partial charge in [-0.25, -0.2) is 9.97 Å². The molecule has 1 aromatic carbocycles. The molecule has 21 heavy (non-hydrogen) atoms. The van der Waals surface area contributed by atoms with Crippen LogP contribution < -0.4 is 5.32 Å². The quantitative estimate of drug-likeness (QED) is 0.721. The van der Waals surface area contributed by atoms with Gasteiger partial charge in [-0.2, -0.15) is 4.98 Å². The summed E-state index contributed by atoms with van der Waals surface area (Å²) in [6, 6.07) is 6.43. The summed E-state index contributed by atoms with van der Waals surface area (Å²) >= 11 is 1.64. The van der Waals surface area contributed by atoms with Gasteiger partial charge in [-0.1, -0.05) is 23.9 Å². The monoisotopic (exact) mass is 299 g/mol. The summed E-state index contributed by atoms with van der Waals surface area (Å²) in [5.41, 5.74) is 4.04. The second-order valence-corrected chi connectivity index (χ2v) is 5.89. The molecule has 0 bridgehead atoms. The van der Waals surface area contributed by atoms with Gasteiger partial charge in [0.05, 0.1) is 6.33 Å². The number of hydrogen-bond acceptors (Lipinski definition) is 5. The molecule has 0 spiro atoms. The number of imidazole rings is 1. The van der Waals surface area contributed by atoms with E-state index in [9.17, 15) is 0 Å². The predicted octanol–water partition coefficient (Wildman–Crippen LogP) is 3.55. The van der Waals surface area contributed by atoms with E-state index in [-0.39, 0.29) is 0 Å². The van der Waals surface area contributed by atoms with Crippen LogP contribution in [0.1, 0.15) is 18.1 Å². The van der Waals surface area contributed by atoms with E-state index in [0.717, 1.165) is 17.1 Å². The SMILES string of the molecule is CCNc1nc(Sc2cc(C)ccc2C)c2[nH]cnc2n1. The van der Waals surface area contributed by atoms with Crippen molar-refractivity contribution in [3.63, 3.8) is 0 Å². The molecular formula is C15H17N5S. The van der Waals surface area contributed by atoms with Crippen molar-refractivity contribution in [3.05, 3.63) is 35.7 Å². The molecule has 0 radical (unpaired) electrons. The van der Waals surface area contributed by atoms with E-state index in [4.69, 9.17) is 0 Å². The first-order valence-electron chi connectivity index (χ1n) is 6.87. The molecule has 0 atom stereocenters. The van der Waals surface area contributed by atoms with Crippen molar-refractivity contribution < 1.29 is 0 Å². The number of hydrogen-bond donors (Lipinski definition) is 2. The van der Waals surface area contributed by atoms with Gasteiger partial charge in [-0.3, -0.25) is 0 Å². The summed E-state index contributed by atoms with van der Waals surface area (Å²) in [6.07, 6.45) is 1.65. The lowest BCUT2D eigenvalue weighted by molar-refractivity contribution is 1.04. The van der Waals surface area contributed by atoms with E-state index in [1.165, 1.54) is 16.0 Å². The van der Waals surface area contributed by atoms with E-state index in [0.29, 0.717) is 11.6 Å². The van der Waals surface area contributed by atoms with Crippen molar-refractivity contribution in [1.82, 2.24) is 19.9 Å². The molecule has 2 N–H and O–H groups in total. The van der Waals surface area contributed by atoms with E-state index >= 15 is 0 Å². The average molecular weight is 299 g/mol. The smallest absolute Gasteiger partial charge is 0.225 e. The Balaban J connectivity index is 2.06. The van der Waals surface area contributed by atoms with Crippen LogP contribution in [0.2, 0.25) is 0 Å². The molecule has 0 amide bonds. The second kappa shape index (κ2) is 5.73. The third-order valence-electron chi connectivity index (χ3n) is 3.14. The largest absolute Gasteiger partial charge is 0.354 e. The first-order chi connectivity index (χ1) is 10.2. The molecular weight excluding hydrogens is 282 g/mol. The fourth-order valence-electron chi connectivity index (χ4n) is 2.04. The molecule has 6 heteroatoms. The Morgan fingerprint density at radius 2 is 2.10 bits per heavy atom. The van der Waals surface area contributed by atoms with Crippen LogP contribution >= 0.6 is 11.8 Å². The number of anilines is 1. The highest BCUT2D eigenvalue weighted by atomic mass is 32.2. The van der Waals surface area contributed by atoms with Gasteiger partial charge in [0.1, 0.15) is 10.5 Å². The molecule has 2 aromatic heterocycles. The van der Waals surface area contributed by atoms with Gasteiger partial charge >= 0.3 is 0 Å². The first-order valence-corrected chi connectivity index (χ1v) is 7.69. The highest BCUT2D eigenvalue weighted by molar-refractivity contribution is 7.99. The van der Waals surface area contributed by atoms with Crippen molar-refractivity contribution in [2.75, 3.05) is 11.9 Å². The highest BCUT2D eigenvalue weighted by Crippen LogP contribution is 2.33. The Labute approximate surface area is 127 Å². The fraction of sp³-hybridized carbons (Fsp3) is 0.267. The number of nitrogens with zero attached hydrogens (tertiary/aromatic N) is 3. The molecule has 0 aliphatic carbocycles. The molecule has 5 nitrogen and oxygen atoms in total. The van der Waals surface area contributed by atoms with Crippen LogP contribution in [0.4, 0.5) is 5.95 Å². The Morgan fingerprint density at radius 1 is 1.24 bits per heavy atom. The average Bonchev–Trinajstić information content (AvgIpc) is 2.92. The topological polar surface area (TPSA) is 66.5 Å². The summed E-state index contributed by atoms with van der Waals surface area (Å²) in [7, 11) is 0. The van der Waals surface area contributed by atoms with Crippen LogP contribution in [0.15, 0.2) is 34.4 Å². The van der Waals surface area contributed by atoms with Gasteiger partial charge in [0.2, 0.25) is 5.95 Å². The summed E-state index contributed by atoms with van der Waals surface area (Å²) in [5.74, 6) is 0.616. The molecule has 108 valence electrons. The second-order valence-electron chi connectivity index (χ2n) is 4.85. The molecule has 2 heterocycles. The lowest BCUT2D eigenvalue weighted by Crippen LogP contribution is -2.03. The number of fused-ring (bicyclic) bond motifs is 1. The predicted molar refractivity (Wildman–Crippen MR) is 85.9 cm³/mol. The first kappa shape index (κ1) is 13.9. The van der Waals surface area contributed by atoms with E-state index in [1.54, 1.807) is 18.1 Å². The number of aromatic nitrogens is 4. The Bertz CT molecular complexity index is 781. The molecule has 3 rings (SSSR count). The van der Waals surface area contributed by atoms with Crippen molar-refractivity contribution in [2.24, 2.45) is 0 Å². The molecule has 0 fully saturated rings. The molecule has 0 aliphatic rings. The maximum absolute atomic E-state index is 4.60. The Morgan fingerprint density at radius 3 is 2.90 bits per heavy atom. The minimum atomic E-state index is 0.616. The van der Waals surface area contributed by atoms with Crippen molar-refractivity contribution in [2.45, 2.75) is 30.7 Å². The Hall–Kier alpha value is -2.08. The standard InChI is InChI=1S/C15H17N5S/c1-4-16-15-19-13-12(17-8-18-13)14(20-15)21-11-7-9(2)5-6-10(11)3/h5-8H,4H2,1-3H3,(H2,16,17,18,19,20). The van der Waals surface area contributed by atoms with E-state index < -0.39 is 0 Å². The highest BCUT2D eigenvalue weighted by Gasteiger charge is 2.12. The van der Waals surface area contributed by atoms with Crippen LogP contribution in [0.3, 0.4) is 0 Å². The third-order valence-corrected chi connectivity index (χ3v) is 4.29. The maximum Gasteiger partial charge on any atom is 0.225 e. The van der Waals surface area contributed by atoms with Crippen LogP contribution in [0.25, 0.3) is 11.2 Å². The molecule has 0 saturated heterocycles. The normalized spacial score (nSPS) is 11.0. The lowest BCUT2D eigenvalue weighted by atomic mass is 10.2. The van der Waals surface area contributed by atoms with Crippen molar-refractivity contribution >= 4 is 28.9 Å². The van der Waals surface area contributed by atoms with E-state index in [1.807, 2.05) is 6.92 Å². The zero-order valence-corrected chi connectivity index (χ0v) is 13.1.